The van der Waals surface area contributed by atoms with Crippen LogP contribution in [-0.4, -0.2) is 181 Å². The number of ketones is 2. The first-order valence-corrected chi connectivity index (χ1v) is 25.5. The molecule has 2 rings (SSSR count). The molecule has 74 heavy (non-hydrogen) atoms. The average molecular weight is 1070 g/mol. The van der Waals surface area contributed by atoms with Crippen molar-refractivity contribution in [3.8, 4) is 5.75 Å². The molecule has 1 heterocycles. The van der Waals surface area contributed by atoms with Crippen molar-refractivity contribution >= 4 is 35.3 Å². The number of amides is 3. The number of ether oxygens (including phenoxy) is 8. The van der Waals surface area contributed by atoms with E-state index in [-0.39, 0.29) is 138 Å². The van der Waals surface area contributed by atoms with Crippen molar-refractivity contribution in [1.82, 2.24) is 14.7 Å². The lowest BCUT2D eigenvalue weighted by atomic mass is 9.82. The number of esters is 1. The van der Waals surface area contributed by atoms with Gasteiger partial charge in [-0.2, -0.15) is 8.78 Å². The zero-order valence-corrected chi connectivity index (χ0v) is 45.5. The molecule has 0 N–H and O–H groups in total. The van der Waals surface area contributed by atoms with Gasteiger partial charge in [0.05, 0.1) is 115 Å². The highest BCUT2D eigenvalue weighted by molar-refractivity contribution is 5.95. The standard InChI is InChI=1S/C52H82F5N3O14/c1-13-33(5)48(38(67-11)31-41(64)60-19-15-16-36(60)49(68-12)34(6)37(61)14-2)58(9)51(66)35(32(3)4)30-39(62)52(7,8)59(10)40(63)17-20-69-22-24-71-26-28-73-29-27-72-25-23-70-21-18-42(65)74-50-46(56)44(54)43(53)45(55)47(50)57/h32-36,38,48-49H,13-31H2,1-12H3/t33-,34-,35-,36-,38+,48-,49+/m0/s1. The first-order valence-electron chi connectivity index (χ1n) is 25.5. The van der Waals surface area contributed by atoms with Crippen molar-refractivity contribution in [1.29, 1.82) is 0 Å². The van der Waals surface area contributed by atoms with Crippen LogP contribution in [0.4, 0.5) is 22.0 Å². The fraction of sp³-hybridized carbons (Fsp3) is 0.769. The summed E-state index contributed by atoms with van der Waals surface area (Å²) >= 11 is 0. The lowest BCUT2D eigenvalue weighted by Crippen LogP contribution is -2.55. The van der Waals surface area contributed by atoms with Crippen LogP contribution in [0, 0.1) is 52.8 Å². The summed E-state index contributed by atoms with van der Waals surface area (Å²) in [6.07, 6.45) is 0.836. The molecule has 0 bridgehead atoms. The number of hydrogen-bond acceptors (Lipinski definition) is 14. The predicted octanol–water partition coefficient (Wildman–Crippen LogP) is 6.52. The summed E-state index contributed by atoms with van der Waals surface area (Å²) in [5.41, 5.74) is -1.25. The smallest absolute Gasteiger partial charge is 0.313 e. The number of carbonyl (C=O) groups excluding carboxylic acids is 6. The maximum Gasteiger partial charge on any atom is 0.313 e. The van der Waals surface area contributed by atoms with E-state index in [0.717, 1.165) is 6.42 Å². The minimum absolute atomic E-state index is 0.00165. The van der Waals surface area contributed by atoms with Crippen LogP contribution in [0.15, 0.2) is 0 Å². The maximum atomic E-state index is 14.5. The summed E-state index contributed by atoms with van der Waals surface area (Å²) in [5, 5.41) is 0. The Hall–Kier alpha value is -4.19. The Morgan fingerprint density at radius 1 is 0.689 bits per heavy atom. The second-order valence-corrected chi connectivity index (χ2v) is 19.3. The molecule has 424 valence electrons. The van der Waals surface area contributed by atoms with Crippen LogP contribution in [0.1, 0.15) is 107 Å². The Balaban J connectivity index is 1.75. The van der Waals surface area contributed by atoms with Gasteiger partial charge >= 0.3 is 5.97 Å². The quantitative estimate of drug-likeness (QED) is 0.0175. The molecule has 1 aromatic rings. The van der Waals surface area contributed by atoms with Crippen LogP contribution in [0.2, 0.25) is 0 Å². The highest BCUT2D eigenvalue weighted by Gasteiger charge is 2.44. The minimum Gasteiger partial charge on any atom is -0.420 e. The van der Waals surface area contributed by atoms with E-state index >= 15 is 0 Å². The number of benzene rings is 1. The van der Waals surface area contributed by atoms with E-state index in [0.29, 0.717) is 25.8 Å². The highest BCUT2D eigenvalue weighted by Crippen LogP contribution is 2.33. The second kappa shape index (κ2) is 33.1. The molecule has 17 nitrogen and oxygen atoms in total. The van der Waals surface area contributed by atoms with Gasteiger partial charge in [-0.25, -0.2) is 13.2 Å². The van der Waals surface area contributed by atoms with E-state index in [1.54, 1.807) is 44.9 Å². The van der Waals surface area contributed by atoms with Gasteiger partial charge in [-0.1, -0.05) is 48.0 Å². The van der Waals surface area contributed by atoms with Crippen LogP contribution in [0.25, 0.3) is 0 Å². The van der Waals surface area contributed by atoms with Gasteiger partial charge in [-0.15, -0.1) is 0 Å². The molecule has 1 aliphatic heterocycles. The van der Waals surface area contributed by atoms with Gasteiger partial charge in [0.1, 0.15) is 5.78 Å². The molecule has 0 radical (unpaired) electrons. The molecule has 22 heteroatoms. The van der Waals surface area contributed by atoms with Gasteiger partial charge in [0.2, 0.25) is 52.6 Å². The summed E-state index contributed by atoms with van der Waals surface area (Å²) in [6, 6.07) is -0.761. The third-order valence-corrected chi connectivity index (χ3v) is 13.9. The molecule has 1 aliphatic rings. The fourth-order valence-electron chi connectivity index (χ4n) is 8.78. The number of rotatable bonds is 37. The molecule has 3 amide bonds. The van der Waals surface area contributed by atoms with Gasteiger partial charge < -0.3 is 52.6 Å². The Morgan fingerprint density at radius 2 is 1.18 bits per heavy atom. The van der Waals surface area contributed by atoms with E-state index in [2.05, 4.69) is 4.74 Å². The van der Waals surface area contributed by atoms with Gasteiger partial charge in [0.15, 0.2) is 5.78 Å². The molecule has 1 aromatic carbocycles. The number of Topliss-reactive ketones (excluding diaryl/α,β-unsaturated/α-hetero) is 2. The largest absolute Gasteiger partial charge is 0.420 e. The van der Waals surface area contributed by atoms with Crippen LogP contribution in [0.5, 0.6) is 5.75 Å². The van der Waals surface area contributed by atoms with Crippen LogP contribution in [-0.2, 0) is 61.9 Å². The molecule has 0 spiro atoms. The zero-order chi connectivity index (χ0) is 55.9. The van der Waals surface area contributed by atoms with Crippen molar-refractivity contribution in [2.45, 2.75) is 137 Å². The predicted molar refractivity (Wildman–Crippen MR) is 261 cm³/mol. The third-order valence-electron chi connectivity index (χ3n) is 13.9. The van der Waals surface area contributed by atoms with Gasteiger partial charge in [-0.3, -0.25) is 28.8 Å². The molecule has 1 saturated heterocycles. The molecule has 0 aliphatic carbocycles. The number of methoxy groups -OCH3 is 2. The van der Waals surface area contributed by atoms with Crippen molar-refractivity contribution in [2.24, 2.45) is 23.7 Å². The van der Waals surface area contributed by atoms with Crippen LogP contribution >= 0.6 is 0 Å². The summed E-state index contributed by atoms with van der Waals surface area (Å²) < 4.78 is 110. The summed E-state index contributed by atoms with van der Waals surface area (Å²) in [7, 11) is 6.35. The number of halogens is 5. The van der Waals surface area contributed by atoms with E-state index in [9.17, 15) is 50.7 Å². The van der Waals surface area contributed by atoms with Crippen LogP contribution in [0.3, 0.4) is 0 Å². The topological polar surface area (TPSA) is 186 Å². The summed E-state index contributed by atoms with van der Waals surface area (Å²) in [4.78, 5) is 85.1. The number of likely N-dealkylation sites (N-methyl/N-ethyl adjacent to an activating group) is 2. The lowest BCUT2D eigenvalue weighted by Gasteiger charge is -2.41. The average Bonchev–Trinajstić information content (AvgIpc) is 3.87. The number of nitrogens with zero attached hydrogens (tertiary/aromatic N) is 3. The molecular weight excluding hydrogens is 986 g/mol. The maximum absolute atomic E-state index is 14.5. The third kappa shape index (κ3) is 19.1. The monoisotopic (exact) mass is 1070 g/mol. The van der Waals surface area contributed by atoms with E-state index in [1.807, 2.05) is 41.5 Å². The molecule has 0 aromatic heterocycles. The molecule has 1 fully saturated rings. The molecule has 7 atom stereocenters. The van der Waals surface area contributed by atoms with Crippen molar-refractivity contribution in [3.63, 3.8) is 0 Å². The van der Waals surface area contributed by atoms with Crippen molar-refractivity contribution in [2.75, 3.05) is 101 Å². The minimum atomic E-state index is -2.37. The van der Waals surface area contributed by atoms with Crippen molar-refractivity contribution < 1.29 is 88.6 Å². The summed E-state index contributed by atoms with van der Waals surface area (Å²) in [5.74, 6) is -16.6. The number of carbonyl (C=O) groups is 6. The highest BCUT2D eigenvalue weighted by atomic mass is 19.2. The fourth-order valence-corrected chi connectivity index (χ4v) is 8.78. The van der Waals surface area contributed by atoms with Gasteiger partial charge in [0.25, 0.3) is 0 Å². The first kappa shape index (κ1) is 65.9. The SMILES string of the molecule is CCC(=O)[C@H](C)[C@@H](OC)[C@@H]1CCCN1C(=O)C[C@@H](OC)[C@H]([C@@H](C)CC)N(C)C(=O)[C@@H](CC(=O)C(C)(C)N(C)C(=O)CCOCCOCCOCCOCCOCCC(=O)Oc1c(F)c(F)c(F)c(F)c1F)C(C)C. The van der Waals surface area contributed by atoms with Crippen molar-refractivity contribution in [3.05, 3.63) is 29.1 Å². The Kier molecular flexibility index (Phi) is 29.5. The van der Waals surface area contributed by atoms with E-state index in [4.69, 9.17) is 33.2 Å². The first-order chi connectivity index (χ1) is 34.9. The second-order valence-electron chi connectivity index (χ2n) is 19.3. The van der Waals surface area contributed by atoms with E-state index in [1.165, 1.54) is 12.0 Å². The lowest BCUT2D eigenvalue weighted by molar-refractivity contribution is -0.150. The molecule has 0 unspecified atom stereocenters. The number of likely N-dealkylation sites (tertiary alicyclic amines) is 1. The van der Waals surface area contributed by atoms with Gasteiger partial charge in [0, 0.05) is 59.5 Å². The Labute approximate surface area is 433 Å². The Bertz CT molecular complexity index is 1930. The number of hydrogen-bond donors (Lipinski definition) is 0. The van der Waals surface area contributed by atoms with Crippen LogP contribution < -0.4 is 4.74 Å². The molecule has 0 saturated carbocycles. The Morgan fingerprint density at radius 3 is 1.64 bits per heavy atom. The zero-order valence-electron chi connectivity index (χ0n) is 45.5. The molecular formula is C52H82F5N3O14. The van der Waals surface area contributed by atoms with E-state index < -0.39 is 76.9 Å². The summed E-state index contributed by atoms with van der Waals surface area (Å²) in [6.45, 7) is 16.6. The van der Waals surface area contributed by atoms with Gasteiger partial charge in [-0.05, 0) is 38.5 Å². The normalized spacial score (nSPS) is 16.4.